The monoisotopic (exact) mass is 457 g/mol. The molecule has 0 amide bonds. The Hall–Kier alpha value is -4.24. The second kappa shape index (κ2) is 8.36. The summed E-state index contributed by atoms with van der Waals surface area (Å²) < 4.78 is 1.93. The second-order valence-corrected chi connectivity index (χ2v) is 7.98. The minimum absolute atomic E-state index is 0.0175. The van der Waals surface area contributed by atoms with Crippen LogP contribution in [0.15, 0.2) is 91.3 Å². The van der Waals surface area contributed by atoms with E-state index in [1.54, 1.807) is 42.6 Å². The first-order valence-corrected chi connectivity index (χ1v) is 10.7. The third-order valence-electron chi connectivity index (χ3n) is 5.63. The van der Waals surface area contributed by atoms with Crippen LogP contribution >= 0.6 is 12.2 Å². The van der Waals surface area contributed by atoms with Gasteiger partial charge in [-0.25, -0.2) is 0 Å². The molecule has 0 radical (unpaired) electrons. The van der Waals surface area contributed by atoms with Gasteiger partial charge >= 0.3 is 0 Å². The minimum atomic E-state index is -0.404. The number of thiocarbonyl (C=S) groups is 1. The highest BCUT2D eigenvalue weighted by atomic mass is 32.1. The van der Waals surface area contributed by atoms with E-state index in [0.29, 0.717) is 10.8 Å². The topological polar surface area (TPSA) is 96.5 Å². The Morgan fingerprint density at radius 1 is 1.00 bits per heavy atom. The summed E-state index contributed by atoms with van der Waals surface area (Å²) >= 11 is 5.72. The van der Waals surface area contributed by atoms with Gasteiger partial charge in [-0.05, 0) is 66.8 Å². The molecule has 8 nitrogen and oxygen atoms in total. The lowest BCUT2D eigenvalue weighted by molar-refractivity contribution is -0.384. The number of nitro groups is 1. The highest BCUT2D eigenvalue weighted by Gasteiger charge is 2.42. The van der Waals surface area contributed by atoms with E-state index in [-0.39, 0.29) is 23.5 Å². The van der Waals surface area contributed by atoms with Crippen molar-refractivity contribution in [1.82, 2.24) is 14.9 Å². The molecule has 1 saturated heterocycles. The number of hydrogen-bond acceptors (Lipinski definition) is 5. The van der Waals surface area contributed by atoms with Crippen molar-refractivity contribution in [2.45, 2.75) is 12.1 Å². The van der Waals surface area contributed by atoms with Crippen LogP contribution in [0.1, 0.15) is 23.5 Å². The molecule has 33 heavy (non-hydrogen) atoms. The highest BCUT2D eigenvalue weighted by molar-refractivity contribution is 7.80. The standard InChI is InChI=1S/C24H19N5O3S/c30-19-11-9-16(10-12-19)28-23(22(26-24(28)33)20-7-1-2-13-25-20)21-8-4-14-27(21)17-5-3-6-18(15-17)29(31)32/h1-15,22-23,30H,(H,26,33). The number of aromatic nitrogens is 2. The molecule has 0 bridgehead atoms. The molecule has 2 atom stereocenters. The van der Waals surface area contributed by atoms with Crippen molar-refractivity contribution in [3.05, 3.63) is 113 Å². The number of nitro benzene ring substituents is 1. The summed E-state index contributed by atoms with van der Waals surface area (Å²) in [7, 11) is 0. The van der Waals surface area contributed by atoms with Crippen LogP contribution in [0.2, 0.25) is 0 Å². The summed E-state index contributed by atoms with van der Waals surface area (Å²) in [5.41, 5.74) is 3.20. The fourth-order valence-corrected chi connectivity index (χ4v) is 4.52. The van der Waals surface area contributed by atoms with Crippen molar-refractivity contribution in [2.24, 2.45) is 0 Å². The number of nitrogens with zero attached hydrogens (tertiary/aromatic N) is 4. The van der Waals surface area contributed by atoms with Gasteiger partial charge in [0.05, 0.1) is 22.3 Å². The number of rotatable bonds is 5. The van der Waals surface area contributed by atoms with Gasteiger partial charge < -0.3 is 19.9 Å². The van der Waals surface area contributed by atoms with Gasteiger partial charge in [0.1, 0.15) is 11.8 Å². The number of anilines is 1. The van der Waals surface area contributed by atoms with Crippen molar-refractivity contribution in [3.8, 4) is 11.4 Å². The molecule has 1 aliphatic heterocycles. The lowest BCUT2D eigenvalue weighted by Crippen LogP contribution is -2.30. The molecule has 1 fully saturated rings. The van der Waals surface area contributed by atoms with Crippen LogP contribution < -0.4 is 10.2 Å². The zero-order valence-corrected chi connectivity index (χ0v) is 18.1. The Kier molecular flexibility index (Phi) is 5.23. The van der Waals surface area contributed by atoms with Crippen molar-refractivity contribution in [1.29, 1.82) is 0 Å². The molecule has 1 aliphatic rings. The van der Waals surface area contributed by atoms with Crippen LogP contribution in [0.5, 0.6) is 5.75 Å². The van der Waals surface area contributed by atoms with Gasteiger partial charge in [-0.1, -0.05) is 12.1 Å². The summed E-state index contributed by atoms with van der Waals surface area (Å²) in [6.45, 7) is 0. The zero-order chi connectivity index (χ0) is 22.9. The summed E-state index contributed by atoms with van der Waals surface area (Å²) in [5, 5.41) is 25.0. The fourth-order valence-electron chi connectivity index (χ4n) is 4.17. The SMILES string of the molecule is O=[N+]([O-])c1cccc(-n2cccc2C2C(c3ccccn3)NC(=S)N2c2ccc(O)cc2)c1. The van der Waals surface area contributed by atoms with Crippen LogP contribution in [0.4, 0.5) is 11.4 Å². The number of phenols is 1. The Balaban J connectivity index is 1.66. The molecule has 2 unspecified atom stereocenters. The minimum Gasteiger partial charge on any atom is -0.508 e. The van der Waals surface area contributed by atoms with Gasteiger partial charge in [-0.3, -0.25) is 15.1 Å². The second-order valence-electron chi connectivity index (χ2n) is 7.59. The van der Waals surface area contributed by atoms with Gasteiger partial charge in [0.25, 0.3) is 5.69 Å². The molecule has 9 heteroatoms. The smallest absolute Gasteiger partial charge is 0.271 e. The predicted molar refractivity (Wildman–Crippen MR) is 128 cm³/mol. The molecule has 3 heterocycles. The van der Waals surface area contributed by atoms with Crippen molar-refractivity contribution in [3.63, 3.8) is 0 Å². The van der Waals surface area contributed by atoms with E-state index in [9.17, 15) is 15.2 Å². The number of phenolic OH excluding ortho intramolecular Hbond substituents is 1. The van der Waals surface area contributed by atoms with E-state index in [4.69, 9.17) is 12.2 Å². The van der Waals surface area contributed by atoms with E-state index < -0.39 is 4.92 Å². The quantitative estimate of drug-likeness (QED) is 0.256. The number of non-ortho nitro benzene ring substituents is 1. The number of nitrogens with one attached hydrogen (secondary N) is 1. The van der Waals surface area contributed by atoms with Gasteiger partial charge in [-0.15, -0.1) is 0 Å². The van der Waals surface area contributed by atoms with Gasteiger partial charge in [0.15, 0.2) is 5.11 Å². The van der Waals surface area contributed by atoms with E-state index in [1.165, 1.54) is 6.07 Å². The molecule has 4 aromatic rings. The molecule has 2 N–H and O–H groups in total. The number of pyridine rings is 1. The van der Waals surface area contributed by atoms with Crippen LogP contribution in [-0.2, 0) is 0 Å². The maximum Gasteiger partial charge on any atom is 0.271 e. The third-order valence-corrected chi connectivity index (χ3v) is 5.94. The molecule has 2 aromatic heterocycles. The average Bonchev–Trinajstić information content (AvgIpc) is 3.44. The first kappa shape index (κ1) is 20.7. The summed E-state index contributed by atoms with van der Waals surface area (Å²) in [5.74, 6) is 0.162. The normalized spacial score (nSPS) is 17.7. The lowest BCUT2D eigenvalue weighted by atomic mass is 10.0. The predicted octanol–water partition coefficient (Wildman–Crippen LogP) is 4.66. The molecule has 164 valence electrons. The Morgan fingerprint density at radius 3 is 2.55 bits per heavy atom. The van der Waals surface area contributed by atoms with Crippen molar-refractivity contribution < 1.29 is 10.0 Å². The average molecular weight is 458 g/mol. The van der Waals surface area contributed by atoms with Gasteiger partial charge in [0.2, 0.25) is 0 Å². The first-order chi connectivity index (χ1) is 16.0. The molecule has 0 aliphatic carbocycles. The first-order valence-electron chi connectivity index (χ1n) is 10.2. The van der Waals surface area contributed by atoms with Crippen LogP contribution in [-0.4, -0.2) is 24.7 Å². The zero-order valence-electron chi connectivity index (χ0n) is 17.3. The largest absolute Gasteiger partial charge is 0.508 e. The Morgan fingerprint density at radius 2 is 1.82 bits per heavy atom. The molecule has 2 aromatic carbocycles. The molecule has 0 spiro atoms. The Labute approximate surface area is 194 Å². The van der Waals surface area contributed by atoms with Gasteiger partial charge in [0, 0.05) is 35.9 Å². The number of hydrogen-bond donors (Lipinski definition) is 2. The van der Waals surface area contributed by atoms with Crippen LogP contribution in [0, 0.1) is 10.1 Å². The van der Waals surface area contributed by atoms with E-state index in [1.807, 2.05) is 52.1 Å². The number of aromatic hydroxyl groups is 1. The maximum absolute atomic E-state index is 11.3. The Bertz CT molecular complexity index is 1320. The van der Waals surface area contributed by atoms with Crippen molar-refractivity contribution in [2.75, 3.05) is 4.90 Å². The van der Waals surface area contributed by atoms with Crippen molar-refractivity contribution >= 4 is 28.7 Å². The molecule has 0 saturated carbocycles. The lowest BCUT2D eigenvalue weighted by Gasteiger charge is -2.29. The van der Waals surface area contributed by atoms with E-state index in [2.05, 4.69) is 10.3 Å². The summed E-state index contributed by atoms with van der Waals surface area (Å²) in [4.78, 5) is 17.5. The summed E-state index contributed by atoms with van der Waals surface area (Å²) in [6, 6.07) is 22.4. The highest BCUT2D eigenvalue weighted by Crippen LogP contribution is 2.42. The molecular formula is C24H19N5O3S. The van der Waals surface area contributed by atoms with Gasteiger partial charge in [-0.2, -0.15) is 0 Å². The third kappa shape index (κ3) is 3.79. The molecule has 5 rings (SSSR count). The maximum atomic E-state index is 11.3. The van der Waals surface area contributed by atoms with Crippen LogP contribution in [0.25, 0.3) is 5.69 Å². The van der Waals surface area contributed by atoms with E-state index >= 15 is 0 Å². The van der Waals surface area contributed by atoms with E-state index in [0.717, 1.165) is 17.1 Å². The molecular weight excluding hydrogens is 438 g/mol. The van der Waals surface area contributed by atoms with Crippen LogP contribution in [0.3, 0.4) is 0 Å². The summed E-state index contributed by atoms with van der Waals surface area (Å²) in [6.07, 6.45) is 3.61. The fraction of sp³-hybridized carbons (Fsp3) is 0.0833. The number of benzene rings is 2.